The molecule has 0 aromatic carbocycles. The number of carbonyl (C=O) groups excluding carboxylic acids is 1. The van der Waals surface area contributed by atoms with Crippen LogP contribution in [0.4, 0.5) is 4.79 Å². The van der Waals surface area contributed by atoms with Crippen molar-refractivity contribution < 1.29 is 4.79 Å². The summed E-state index contributed by atoms with van der Waals surface area (Å²) in [5.41, 5.74) is 2.11. The second-order valence-corrected chi connectivity index (χ2v) is 4.39. The smallest absolute Gasteiger partial charge is 0.330 e. The number of aromatic amines is 1. The lowest BCUT2D eigenvalue weighted by Crippen LogP contribution is -2.42. The van der Waals surface area contributed by atoms with Gasteiger partial charge in [-0.25, -0.2) is 9.78 Å². The van der Waals surface area contributed by atoms with Crippen LogP contribution >= 0.6 is 12.8 Å². The van der Waals surface area contributed by atoms with Crippen molar-refractivity contribution >= 4 is 18.8 Å². The van der Waals surface area contributed by atoms with Crippen LogP contribution in [0.3, 0.4) is 0 Å². The minimum Gasteiger partial charge on any atom is -0.347 e. The summed E-state index contributed by atoms with van der Waals surface area (Å²) in [4.78, 5) is 21.0. The van der Waals surface area contributed by atoms with Crippen LogP contribution in [0, 0.1) is 0 Å². The Labute approximate surface area is 100 Å². The third kappa shape index (κ3) is 2.16. The van der Waals surface area contributed by atoms with Crippen molar-refractivity contribution in [3.05, 3.63) is 17.7 Å². The molecule has 88 valence electrons. The molecule has 2 amide bonds. The molecule has 1 aromatic heterocycles. The fraction of sp³-hybridized carbons (Fsp3) is 0.600. The number of rotatable bonds is 2. The molecule has 0 saturated carbocycles. The number of amides is 2. The standard InChI is InChI=1S/C10H16N4OS/c1-2-4-14(16)10(15)13-5-3-8-9(6-13)12-7-11-8/h7,16H,2-6H2,1H3,(H,11,12). The average Bonchev–Trinajstić information content (AvgIpc) is 2.75. The highest BCUT2D eigenvalue weighted by Crippen LogP contribution is 2.16. The zero-order chi connectivity index (χ0) is 11.5. The van der Waals surface area contributed by atoms with Crippen molar-refractivity contribution in [3.8, 4) is 0 Å². The summed E-state index contributed by atoms with van der Waals surface area (Å²) in [5, 5.41) is 0. The van der Waals surface area contributed by atoms with E-state index in [2.05, 4.69) is 22.8 Å². The summed E-state index contributed by atoms with van der Waals surface area (Å²) in [6.45, 7) is 4.03. The summed E-state index contributed by atoms with van der Waals surface area (Å²) in [6, 6.07) is -0.0227. The van der Waals surface area contributed by atoms with Gasteiger partial charge in [0.1, 0.15) is 0 Å². The van der Waals surface area contributed by atoms with Crippen LogP contribution in [0.2, 0.25) is 0 Å². The molecule has 0 radical (unpaired) electrons. The molecule has 1 N–H and O–H groups in total. The maximum Gasteiger partial charge on any atom is 0.330 e. The molecule has 0 saturated heterocycles. The molecule has 1 aromatic rings. The van der Waals surface area contributed by atoms with Crippen LogP contribution in [0.25, 0.3) is 0 Å². The summed E-state index contributed by atoms with van der Waals surface area (Å²) >= 11 is 4.19. The molecule has 0 atom stereocenters. The van der Waals surface area contributed by atoms with Gasteiger partial charge in [-0.05, 0) is 6.42 Å². The van der Waals surface area contributed by atoms with E-state index in [9.17, 15) is 4.79 Å². The van der Waals surface area contributed by atoms with Crippen molar-refractivity contribution in [2.24, 2.45) is 0 Å². The number of fused-ring (bicyclic) bond motifs is 1. The van der Waals surface area contributed by atoms with E-state index in [4.69, 9.17) is 0 Å². The van der Waals surface area contributed by atoms with Crippen molar-refractivity contribution in [3.63, 3.8) is 0 Å². The SMILES string of the molecule is CCCN(S)C(=O)N1CCc2nc[nH]c2C1. The van der Waals surface area contributed by atoms with Gasteiger partial charge < -0.3 is 9.88 Å². The van der Waals surface area contributed by atoms with E-state index in [0.29, 0.717) is 13.1 Å². The van der Waals surface area contributed by atoms with E-state index in [1.165, 1.54) is 4.31 Å². The van der Waals surface area contributed by atoms with E-state index in [-0.39, 0.29) is 6.03 Å². The Morgan fingerprint density at radius 2 is 2.56 bits per heavy atom. The van der Waals surface area contributed by atoms with E-state index in [1.807, 2.05) is 6.92 Å². The lowest BCUT2D eigenvalue weighted by atomic mass is 10.1. The highest BCUT2D eigenvalue weighted by Gasteiger charge is 2.24. The van der Waals surface area contributed by atoms with E-state index in [0.717, 1.165) is 30.8 Å². The van der Waals surface area contributed by atoms with Crippen LogP contribution in [-0.4, -0.2) is 38.3 Å². The van der Waals surface area contributed by atoms with Crippen LogP contribution in [0.15, 0.2) is 6.33 Å². The van der Waals surface area contributed by atoms with Gasteiger partial charge in [-0.2, -0.15) is 0 Å². The molecule has 1 aliphatic rings. The Balaban J connectivity index is 2.00. The third-order valence-corrected chi connectivity index (χ3v) is 3.07. The molecule has 2 heterocycles. The fourth-order valence-electron chi connectivity index (χ4n) is 1.85. The molecule has 0 fully saturated rings. The summed E-state index contributed by atoms with van der Waals surface area (Å²) in [6.07, 6.45) is 3.42. The zero-order valence-electron chi connectivity index (χ0n) is 9.31. The molecule has 0 spiro atoms. The maximum absolute atomic E-state index is 12.0. The Hall–Kier alpha value is -1.17. The topological polar surface area (TPSA) is 52.2 Å². The van der Waals surface area contributed by atoms with Gasteiger partial charge in [0.05, 0.1) is 24.3 Å². The first-order valence-corrected chi connectivity index (χ1v) is 5.88. The zero-order valence-corrected chi connectivity index (χ0v) is 10.2. The molecular formula is C10H16N4OS. The van der Waals surface area contributed by atoms with Crippen LogP contribution in [-0.2, 0) is 13.0 Å². The number of nitrogens with one attached hydrogen (secondary N) is 1. The Morgan fingerprint density at radius 1 is 1.75 bits per heavy atom. The molecule has 5 nitrogen and oxygen atoms in total. The van der Waals surface area contributed by atoms with E-state index >= 15 is 0 Å². The predicted molar refractivity (Wildman–Crippen MR) is 64.1 cm³/mol. The van der Waals surface area contributed by atoms with Gasteiger partial charge in [0, 0.05) is 19.5 Å². The maximum atomic E-state index is 12.0. The lowest BCUT2D eigenvalue weighted by molar-refractivity contribution is 0.174. The number of hydrogen-bond donors (Lipinski definition) is 2. The number of nitrogens with zero attached hydrogens (tertiary/aromatic N) is 3. The van der Waals surface area contributed by atoms with Crippen LogP contribution in [0.5, 0.6) is 0 Å². The van der Waals surface area contributed by atoms with Gasteiger partial charge in [-0.15, -0.1) is 0 Å². The Morgan fingerprint density at radius 3 is 3.31 bits per heavy atom. The highest BCUT2D eigenvalue weighted by atomic mass is 32.1. The third-order valence-electron chi connectivity index (χ3n) is 2.70. The monoisotopic (exact) mass is 240 g/mol. The number of aromatic nitrogens is 2. The number of urea groups is 1. The summed E-state index contributed by atoms with van der Waals surface area (Å²) in [7, 11) is 0. The quantitative estimate of drug-likeness (QED) is 0.769. The first kappa shape index (κ1) is 11.3. The molecule has 1 aliphatic heterocycles. The first-order valence-electron chi connectivity index (χ1n) is 5.48. The number of H-pyrrole nitrogens is 1. The second-order valence-electron chi connectivity index (χ2n) is 3.91. The summed E-state index contributed by atoms with van der Waals surface area (Å²) in [5.74, 6) is 0. The normalized spacial score (nSPS) is 14.8. The lowest BCUT2D eigenvalue weighted by Gasteiger charge is -2.29. The number of carbonyl (C=O) groups is 1. The molecule has 16 heavy (non-hydrogen) atoms. The largest absolute Gasteiger partial charge is 0.347 e. The van der Waals surface area contributed by atoms with Gasteiger partial charge in [0.25, 0.3) is 0 Å². The van der Waals surface area contributed by atoms with Crippen molar-refractivity contribution in [1.29, 1.82) is 0 Å². The molecule has 0 bridgehead atoms. The van der Waals surface area contributed by atoms with Crippen LogP contribution in [0.1, 0.15) is 24.7 Å². The second kappa shape index (κ2) is 4.78. The number of thiol groups is 1. The van der Waals surface area contributed by atoms with Crippen molar-refractivity contribution in [1.82, 2.24) is 19.2 Å². The van der Waals surface area contributed by atoms with E-state index < -0.39 is 0 Å². The first-order chi connectivity index (χ1) is 7.72. The van der Waals surface area contributed by atoms with Gasteiger partial charge >= 0.3 is 6.03 Å². The molecule has 0 aliphatic carbocycles. The van der Waals surface area contributed by atoms with Gasteiger partial charge in [0.15, 0.2) is 0 Å². The number of hydrogen-bond acceptors (Lipinski definition) is 3. The molecule has 6 heteroatoms. The van der Waals surface area contributed by atoms with Crippen LogP contribution < -0.4 is 0 Å². The van der Waals surface area contributed by atoms with Gasteiger partial charge in [-0.1, -0.05) is 19.7 Å². The minimum atomic E-state index is -0.0227. The Bertz CT molecular complexity index is 379. The van der Waals surface area contributed by atoms with Gasteiger partial charge in [-0.3, -0.25) is 4.31 Å². The average molecular weight is 240 g/mol. The molecule has 2 rings (SSSR count). The molecular weight excluding hydrogens is 224 g/mol. The minimum absolute atomic E-state index is 0.0227. The Kier molecular flexibility index (Phi) is 3.38. The van der Waals surface area contributed by atoms with Crippen molar-refractivity contribution in [2.75, 3.05) is 13.1 Å². The number of imidazole rings is 1. The molecule has 0 unspecified atom stereocenters. The predicted octanol–water partition coefficient (Wildman–Crippen LogP) is 1.44. The summed E-state index contributed by atoms with van der Waals surface area (Å²) < 4.78 is 1.47. The van der Waals surface area contributed by atoms with Gasteiger partial charge in [0.2, 0.25) is 0 Å². The van der Waals surface area contributed by atoms with Crippen molar-refractivity contribution in [2.45, 2.75) is 26.3 Å². The highest BCUT2D eigenvalue weighted by molar-refractivity contribution is 7.78. The van der Waals surface area contributed by atoms with E-state index in [1.54, 1.807) is 11.2 Å². The fourth-order valence-corrected chi connectivity index (χ4v) is 2.17.